The molecule has 134 valence electrons. The van der Waals surface area contributed by atoms with Crippen molar-refractivity contribution >= 4 is 39.9 Å². The standard InChI is InChI=1S/C18H21BrNO3PS/c1-2-21-17-10-4-14(5-11-17)18(24(25)22-12-3-13-23-24)20-16-8-6-15(19)7-9-16/h4-11,18,20H,2-3,12-13H2,1H3. The molecule has 7 heteroatoms. The van der Waals surface area contributed by atoms with Crippen LogP contribution < -0.4 is 10.1 Å². The van der Waals surface area contributed by atoms with Crippen LogP contribution in [0.2, 0.25) is 0 Å². The molecule has 0 aliphatic carbocycles. The van der Waals surface area contributed by atoms with E-state index in [1.165, 1.54) is 0 Å². The van der Waals surface area contributed by atoms with Gasteiger partial charge in [-0.1, -0.05) is 28.1 Å². The number of halogens is 1. The Kier molecular flexibility index (Phi) is 6.53. The Morgan fingerprint density at radius 3 is 2.36 bits per heavy atom. The zero-order valence-corrected chi connectivity index (χ0v) is 17.3. The Balaban J connectivity index is 1.90. The van der Waals surface area contributed by atoms with E-state index in [1.54, 1.807) is 0 Å². The maximum absolute atomic E-state index is 5.96. The van der Waals surface area contributed by atoms with Crippen molar-refractivity contribution in [1.82, 2.24) is 0 Å². The van der Waals surface area contributed by atoms with Crippen molar-refractivity contribution in [2.45, 2.75) is 19.1 Å². The van der Waals surface area contributed by atoms with Gasteiger partial charge >= 0.3 is 0 Å². The Morgan fingerprint density at radius 2 is 1.76 bits per heavy atom. The number of rotatable bonds is 6. The molecule has 1 heterocycles. The van der Waals surface area contributed by atoms with Crippen LogP contribution in [0.1, 0.15) is 24.7 Å². The first-order valence-corrected chi connectivity index (χ1v) is 11.7. The maximum Gasteiger partial charge on any atom is 0.215 e. The summed E-state index contributed by atoms with van der Waals surface area (Å²) in [6, 6.07) is 16.0. The second-order valence-electron chi connectivity index (χ2n) is 5.62. The lowest BCUT2D eigenvalue weighted by Crippen LogP contribution is -2.19. The molecule has 0 radical (unpaired) electrons. The molecule has 1 saturated heterocycles. The van der Waals surface area contributed by atoms with Crippen LogP contribution in [0.4, 0.5) is 5.69 Å². The van der Waals surface area contributed by atoms with Gasteiger partial charge in [-0.25, -0.2) is 0 Å². The second kappa shape index (κ2) is 8.65. The van der Waals surface area contributed by atoms with Crippen molar-refractivity contribution in [2.75, 3.05) is 25.1 Å². The van der Waals surface area contributed by atoms with Crippen LogP contribution in [0.3, 0.4) is 0 Å². The SMILES string of the molecule is CCOc1ccc(C(Nc2ccc(Br)cc2)P2(=S)OCCCO2)cc1. The molecule has 25 heavy (non-hydrogen) atoms. The monoisotopic (exact) mass is 441 g/mol. The molecule has 1 atom stereocenters. The van der Waals surface area contributed by atoms with Crippen molar-refractivity contribution in [3.63, 3.8) is 0 Å². The summed E-state index contributed by atoms with van der Waals surface area (Å²) in [7, 11) is 0. The van der Waals surface area contributed by atoms with Crippen LogP contribution in [0.5, 0.6) is 5.75 Å². The highest BCUT2D eigenvalue weighted by atomic mass is 79.9. The van der Waals surface area contributed by atoms with Gasteiger partial charge in [0.1, 0.15) is 11.5 Å². The van der Waals surface area contributed by atoms with E-state index in [-0.39, 0.29) is 5.78 Å². The van der Waals surface area contributed by atoms with E-state index in [1.807, 2.05) is 55.5 Å². The van der Waals surface area contributed by atoms with Gasteiger partial charge in [0.15, 0.2) is 0 Å². The normalized spacial score (nSPS) is 17.7. The number of nitrogens with one attached hydrogen (secondary N) is 1. The summed E-state index contributed by atoms with van der Waals surface area (Å²) in [6.07, 6.45) is 0.882. The molecule has 1 aliphatic heterocycles. The van der Waals surface area contributed by atoms with E-state index < -0.39 is 6.49 Å². The van der Waals surface area contributed by atoms with Crippen LogP contribution in [0.15, 0.2) is 53.0 Å². The van der Waals surface area contributed by atoms with Crippen LogP contribution in [0.25, 0.3) is 0 Å². The highest BCUT2D eigenvalue weighted by molar-refractivity contribution is 9.10. The van der Waals surface area contributed by atoms with E-state index in [4.69, 9.17) is 25.6 Å². The first kappa shape index (κ1) is 18.9. The highest BCUT2D eigenvalue weighted by Crippen LogP contribution is 2.62. The molecule has 1 fully saturated rings. The number of anilines is 1. The zero-order chi connectivity index (χ0) is 17.7. The molecule has 2 aromatic carbocycles. The second-order valence-corrected chi connectivity index (χ2v) is 10.2. The lowest BCUT2D eigenvalue weighted by atomic mass is 10.2. The third-order valence-electron chi connectivity index (χ3n) is 3.80. The molecule has 4 nitrogen and oxygen atoms in total. The minimum absolute atomic E-state index is 0.209. The fourth-order valence-electron chi connectivity index (χ4n) is 2.59. The van der Waals surface area contributed by atoms with Gasteiger partial charge in [0.2, 0.25) is 6.49 Å². The fourth-order valence-corrected chi connectivity index (χ4v) is 5.81. The van der Waals surface area contributed by atoms with Crippen molar-refractivity contribution in [1.29, 1.82) is 0 Å². The van der Waals surface area contributed by atoms with Crippen LogP contribution in [-0.2, 0) is 20.9 Å². The number of hydrogen-bond acceptors (Lipinski definition) is 5. The lowest BCUT2D eigenvalue weighted by Gasteiger charge is -2.34. The average molecular weight is 442 g/mol. The van der Waals surface area contributed by atoms with Gasteiger partial charge in [-0.05, 0) is 67.1 Å². The van der Waals surface area contributed by atoms with E-state index >= 15 is 0 Å². The molecule has 2 aromatic rings. The Bertz CT molecular complexity index is 729. The van der Waals surface area contributed by atoms with Crippen LogP contribution in [0, 0.1) is 0 Å². The van der Waals surface area contributed by atoms with E-state index in [9.17, 15) is 0 Å². The lowest BCUT2D eigenvalue weighted by molar-refractivity contribution is 0.175. The molecule has 0 aromatic heterocycles. The summed E-state index contributed by atoms with van der Waals surface area (Å²) in [6.45, 7) is 1.42. The first-order chi connectivity index (χ1) is 12.1. The van der Waals surface area contributed by atoms with Crippen LogP contribution >= 0.6 is 22.4 Å². The molecular formula is C18H21BrNO3PS. The number of ether oxygens (including phenoxy) is 1. The average Bonchev–Trinajstić information content (AvgIpc) is 2.63. The van der Waals surface area contributed by atoms with Crippen molar-refractivity contribution < 1.29 is 13.8 Å². The zero-order valence-electron chi connectivity index (χ0n) is 14.0. The van der Waals surface area contributed by atoms with Gasteiger partial charge < -0.3 is 19.1 Å². The molecule has 0 bridgehead atoms. The Hall–Kier alpha value is -0.910. The van der Waals surface area contributed by atoms with Gasteiger partial charge in [-0.3, -0.25) is 0 Å². The topological polar surface area (TPSA) is 39.7 Å². The van der Waals surface area contributed by atoms with Gasteiger partial charge in [-0.2, -0.15) is 0 Å². The van der Waals surface area contributed by atoms with Gasteiger partial charge in [0.05, 0.1) is 19.8 Å². The van der Waals surface area contributed by atoms with Gasteiger partial charge in [0, 0.05) is 10.2 Å². The summed E-state index contributed by atoms with van der Waals surface area (Å²) in [5, 5.41) is 3.52. The number of hydrogen-bond donors (Lipinski definition) is 1. The van der Waals surface area contributed by atoms with E-state index in [0.29, 0.717) is 19.8 Å². The van der Waals surface area contributed by atoms with Crippen molar-refractivity contribution in [3.8, 4) is 5.75 Å². The van der Waals surface area contributed by atoms with Crippen LogP contribution in [-0.4, -0.2) is 19.8 Å². The fraction of sp³-hybridized carbons (Fsp3) is 0.333. The molecule has 0 saturated carbocycles. The third-order valence-corrected chi connectivity index (χ3v) is 7.74. The highest BCUT2D eigenvalue weighted by Gasteiger charge is 2.34. The minimum atomic E-state index is -2.48. The molecule has 1 unspecified atom stereocenters. The summed E-state index contributed by atoms with van der Waals surface area (Å²) in [5.41, 5.74) is 2.01. The predicted molar refractivity (Wildman–Crippen MR) is 109 cm³/mol. The predicted octanol–water partition coefficient (Wildman–Crippen LogP) is 5.70. The molecule has 0 spiro atoms. The first-order valence-electron chi connectivity index (χ1n) is 8.24. The van der Waals surface area contributed by atoms with Crippen molar-refractivity contribution in [3.05, 3.63) is 58.6 Å². The Morgan fingerprint density at radius 1 is 1.12 bits per heavy atom. The third kappa shape index (κ3) is 4.83. The molecule has 1 N–H and O–H groups in total. The van der Waals surface area contributed by atoms with Gasteiger partial charge in [-0.15, -0.1) is 0 Å². The summed E-state index contributed by atoms with van der Waals surface area (Å²) >= 11 is 9.29. The number of benzene rings is 2. The summed E-state index contributed by atoms with van der Waals surface area (Å²) in [4.78, 5) is 0. The smallest absolute Gasteiger partial charge is 0.215 e. The summed E-state index contributed by atoms with van der Waals surface area (Å²) < 4.78 is 18.5. The quantitative estimate of drug-likeness (QED) is 0.581. The molecule has 0 amide bonds. The summed E-state index contributed by atoms with van der Waals surface area (Å²) in [5.74, 6) is 0.635. The van der Waals surface area contributed by atoms with E-state index in [0.717, 1.165) is 27.9 Å². The molecule has 1 aliphatic rings. The Labute approximate surface area is 162 Å². The largest absolute Gasteiger partial charge is 0.494 e. The minimum Gasteiger partial charge on any atom is -0.494 e. The van der Waals surface area contributed by atoms with Crippen molar-refractivity contribution in [2.24, 2.45) is 0 Å². The maximum atomic E-state index is 5.96. The van der Waals surface area contributed by atoms with Gasteiger partial charge in [0.25, 0.3) is 0 Å². The molecule has 3 rings (SSSR count). The molecular weight excluding hydrogens is 421 g/mol. The van der Waals surface area contributed by atoms with E-state index in [2.05, 4.69) is 21.2 Å².